The Morgan fingerprint density at radius 1 is 1.43 bits per heavy atom. The van der Waals surface area contributed by atoms with E-state index in [1.807, 2.05) is 4.90 Å². The predicted molar refractivity (Wildman–Crippen MR) is 85.9 cm³/mol. The summed E-state index contributed by atoms with van der Waals surface area (Å²) in [5, 5.41) is 2.82. The number of hydrogen-bond donors (Lipinski definition) is 2. The molecule has 0 radical (unpaired) electrons. The number of nitrogens with one attached hydrogen (secondary N) is 1. The number of carbonyl (C=O) groups is 2. The van der Waals surface area contributed by atoms with Crippen LogP contribution in [0.3, 0.4) is 0 Å². The van der Waals surface area contributed by atoms with Crippen LogP contribution in [-0.2, 0) is 9.59 Å². The van der Waals surface area contributed by atoms with Gasteiger partial charge in [0.1, 0.15) is 0 Å². The molecule has 2 amide bonds. The van der Waals surface area contributed by atoms with E-state index in [1.54, 1.807) is 30.1 Å². The maximum Gasteiger partial charge on any atom is 0.238 e. The largest absolute Gasteiger partial charge is 0.399 e. The molecule has 0 aliphatic carbocycles. The molecule has 0 spiro atoms. The van der Waals surface area contributed by atoms with Crippen LogP contribution < -0.4 is 11.1 Å². The highest BCUT2D eigenvalue weighted by atomic mass is 79.9. The molecule has 1 fully saturated rings. The minimum absolute atomic E-state index is 0.0500. The van der Waals surface area contributed by atoms with E-state index < -0.39 is 0 Å². The van der Waals surface area contributed by atoms with Crippen molar-refractivity contribution in [1.29, 1.82) is 0 Å². The second-order valence-electron chi connectivity index (χ2n) is 5.17. The fourth-order valence-corrected chi connectivity index (χ4v) is 2.70. The molecule has 114 valence electrons. The van der Waals surface area contributed by atoms with Crippen LogP contribution in [-0.4, -0.2) is 54.8 Å². The first-order chi connectivity index (χ1) is 9.95. The summed E-state index contributed by atoms with van der Waals surface area (Å²) >= 11 is 3.36. The number of benzene rings is 1. The van der Waals surface area contributed by atoms with Gasteiger partial charge >= 0.3 is 0 Å². The standard InChI is InChI=1S/C14H19BrN4O2/c1-18-5-2-6-19(9-14(18)21)8-13(20)17-12-4-3-10(16)7-11(12)15/h3-4,7H,2,5-6,8-9,16H2,1H3,(H,17,20). The molecule has 0 bridgehead atoms. The van der Waals surface area contributed by atoms with Gasteiger partial charge in [0, 0.05) is 30.3 Å². The Hall–Kier alpha value is -1.60. The Morgan fingerprint density at radius 2 is 2.19 bits per heavy atom. The van der Waals surface area contributed by atoms with E-state index in [4.69, 9.17) is 5.73 Å². The van der Waals surface area contributed by atoms with Gasteiger partial charge in [-0.25, -0.2) is 0 Å². The molecule has 2 rings (SSSR count). The number of amides is 2. The van der Waals surface area contributed by atoms with E-state index in [1.165, 1.54) is 0 Å². The quantitative estimate of drug-likeness (QED) is 0.797. The van der Waals surface area contributed by atoms with Gasteiger partial charge in [-0.2, -0.15) is 0 Å². The summed E-state index contributed by atoms with van der Waals surface area (Å²) in [7, 11) is 1.79. The van der Waals surface area contributed by atoms with Crippen LogP contribution >= 0.6 is 15.9 Å². The Kier molecular flexibility index (Phi) is 5.19. The van der Waals surface area contributed by atoms with Crippen molar-refractivity contribution in [2.24, 2.45) is 0 Å². The lowest BCUT2D eigenvalue weighted by Crippen LogP contribution is -2.38. The number of carbonyl (C=O) groups excluding carboxylic acids is 2. The molecule has 1 aliphatic rings. The summed E-state index contributed by atoms with van der Waals surface area (Å²) in [6.45, 7) is 1.97. The number of anilines is 2. The molecule has 21 heavy (non-hydrogen) atoms. The molecule has 1 aliphatic heterocycles. The minimum Gasteiger partial charge on any atom is -0.399 e. The fourth-order valence-electron chi connectivity index (χ4n) is 2.21. The monoisotopic (exact) mass is 354 g/mol. The van der Waals surface area contributed by atoms with Gasteiger partial charge in [0.15, 0.2) is 0 Å². The Bertz CT molecular complexity index is 550. The van der Waals surface area contributed by atoms with Gasteiger partial charge in [-0.05, 0) is 40.5 Å². The summed E-state index contributed by atoms with van der Waals surface area (Å²) in [5.41, 5.74) is 6.96. The van der Waals surface area contributed by atoms with Gasteiger partial charge in [-0.15, -0.1) is 0 Å². The average Bonchev–Trinajstić information content (AvgIpc) is 2.55. The smallest absolute Gasteiger partial charge is 0.238 e. The predicted octanol–water partition coefficient (Wildman–Crippen LogP) is 1.13. The van der Waals surface area contributed by atoms with Crippen molar-refractivity contribution in [2.75, 3.05) is 44.3 Å². The summed E-state index contributed by atoms with van der Waals surface area (Å²) in [6, 6.07) is 5.21. The molecule has 6 nitrogen and oxygen atoms in total. The number of nitrogens with two attached hydrogens (primary N) is 1. The minimum atomic E-state index is -0.141. The van der Waals surface area contributed by atoms with E-state index in [0.29, 0.717) is 11.4 Å². The van der Waals surface area contributed by atoms with Gasteiger partial charge < -0.3 is 16.0 Å². The Labute approximate surface area is 132 Å². The van der Waals surface area contributed by atoms with E-state index >= 15 is 0 Å². The summed E-state index contributed by atoms with van der Waals surface area (Å²) in [6.07, 6.45) is 0.876. The number of rotatable bonds is 3. The molecular weight excluding hydrogens is 336 g/mol. The first kappa shape index (κ1) is 15.8. The van der Waals surface area contributed by atoms with Crippen molar-refractivity contribution < 1.29 is 9.59 Å². The fraction of sp³-hybridized carbons (Fsp3) is 0.429. The van der Waals surface area contributed by atoms with Crippen LogP contribution in [0.2, 0.25) is 0 Å². The van der Waals surface area contributed by atoms with Crippen LogP contribution in [0.25, 0.3) is 0 Å². The molecule has 3 N–H and O–H groups in total. The molecule has 0 aromatic heterocycles. The maximum atomic E-state index is 12.1. The summed E-state index contributed by atoms with van der Waals surface area (Å²) in [5.74, 6) is -0.0909. The van der Waals surface area contributed by atoms with Crippen molar-refractivity contribution in [2.45, 2.75) is 6.42 Å². The highest BCUT2D eigenvalue weighted by molar-refractivity contribution is 9.10. The van der Waals surface area contributed by atoms with Crippen molar-refractivity contribution >= 4 is 39.1 Å². The molecule has 1 heterocycles. The van der Waals surface area contributed by atoms with E-state index in [2.05, 4.69) is 21.2 Å². The third-order valence-corrected chi connectivity index (χ3v) is 4.04. The highest BCUT2D eigenvalue weighted by Crippen LogP contribution is 2.24. The summed E-state index contributed by atoms with van der Waals surface area (Å²) < 4.78 is 0.738. The third-order valence-electron chi connectivity index (χ3n) is 3.39. The molecular formula is C14H19BrN4O2. The molecule has 1 aromatic rings. The zero-order chi connectivity index (χ0) is 15.4. The normalized spacial score (nSPS) is 16.7. The van der Waals surface area contributed by atoms with Crippen LogP contribution in [0.4, 0.5) is 11.4 Å². The van der Waals surface area contributed by atoms with Crippen molar-refractivity contribution in [1.82, 2.24) is 9.80 Å². The van der Waals surface area contributed by atoms with Gasteiger partial charge in [0.2, 0.25) is 11.8 Å². The zero-order valence-corrected chi connectivity index (χ0v) is 13.5. The molecule has 0 saturated carbocycles. The van der Waals surface area contributed by atoms with Crippen molar-refractivity contribution in [3.63, 3.8) is 0 Å². The lowest BCUT2D eigenvalue weighted by Gasteiger charge is -2.19. The Morgan fingerprint density at radius 3 is 2.90 bits per heavy atom. The van der Waals surface area contributed by atoms with E-state index in [-0.39, 0.29) is 24.9 Å². The van der Waals surface area contributed by atoms with Gasteiger partial charge in [0.05, 0.1) is 18.8 Å². The number of halogens is 1. The van der Waals surface area contributed by atoms with Crippen molar-refractivity contribution in [3.05, 3.63) is 22.7 Å². The number of nitrogens with zero attached hydrogens (tertiary/aromatic N) is 2. The topological polar surface area (TPSA) is 78.7 Å². The first-order valence-corrected chi connectivity index (χ1v) is 7.56. The van der Waals surface area contributed by atoms with E-state index in [0.717, 1.165) is 24.0 Å². The Balaban J connectivity index is 1.93. The van der Waals surface area contributed by atoms with Gasteiger partial charge in [0.25, 0.3) is 0 Å². The van der Waals surface area contributed by atoms with Crippen molar-refractivity contribution in [3.8, 4) is 0 Å². The van der Waals surface area contributed by atoms with Gasteiger partial charge in [-0.3, -0.25) is 14.5 Å². The second kappa shape index (κ2) is 6.91. The van der Waals surface area contributed by atoms with Crippen LogP contribution in [0, 0.1) is 0 Å². The highest BCUT2D eigenvalue weighted by Gasteiger charge is 2.20. The number of likely N-dealkylation sites (N-methyl/N-ethyl adjacent to an activating group) is 1. The van der Waals surface area contributed by atoms with Crippen LogP contribution in [0.5, 0.6) is 0 Å². The summed E-state index contributed by atoms with van der Waals surface area (Å²) in [4.78, 5) is 27.4. The molecule has 7 heteroatoms. The molecule has 1 saturated heterocycles. The SMILES string of the molecule is CN1CCCN(CC(=O)Nc2ccc(N)cc2Br)CC1=O. The van der Waals surface area contributed by atoms with Crippen LogP contribution in [0.1, 0.15) is 6.42 Å². The first-order valence-electron chi connectivity index (χ1n) is 6.77. The molecule has 1 aromatic carbocycles. The molecule has 0 unspecified atom stereocenters. The zero-order valence-electron chi connectivity index (χ0n) is 11.9. The van der Waals surface area contributed by atoms with Gasteiger partial charge in [-0.1, -0.05) is 0 Å². The number of hydrogen-bond acceptors (Lipinski definition) is 4. The third kappa shape index (κ3) is 4.44. The van der Waals surface area contributed by atoms with E-state index in [9.17, 15) is 9.59 Å². The lowest BCUT2D eigenvalue weighted by molar-refractivity contribution is -0.130. The maximum absolute atomic E-state index is 12.1. The average molecular weight is 355 g/mol. The lowest BCUT2D eigenvalue weighted by atomic mass is 10.3. The second-order valence-corrected chi connectivity index (χ2v) is 6.02. The van der Waals surface area contributed by atoms with Crippen LogP contribution in [0.15, 0.2) is 22.7 Å². The number of nitrogen functional groups attached to an aromatic ring is 1. The molecule has 0 atom stereocenters.